The van der Waals surface area contributed by atoms with E-state index < -0.39 is 0 Å². The summed E-state index contributed by atoms with van der Waals surface area (Å²) < 4.78 is 8.02. The van der Waals surface area contributed by atoms with Crippen molar-refractivity contribution in [2.45, 2.75) is 44.4 Å². The van der Waals surface area contributed by atoms with Crippen molar-refractivity contribution in [2.24, 2.45) is 11.8 Å². The Morgan fingerprint density at radius 1 is 1.52 bits per heavy atom. The number of nitrogens with one attached hydrogen (secondary N) is 1. The molecule has 5 rings (SSSR count). The number of hydrogen-bond acceptors (Lipinski definition) is 6. The van der Waals surface area contributed by atoms with E-state index >= 15 is 0 Å². The molecule has 2 bridgehead atoms. The molecule has 4 atom stereocenters. The highest BCUT2D eigenvalue weighted by Gasteiger charge is 2.62. The monoisotopic (exact) mass is 388 g/mol. The van der Waals surface area contributed by atoms with Gasteiger partial charge in [0.1, 0.15) is 0 Å². The smallest absolute Gasteiger partial charge is 0.258 e. The average Bonchev–Trinajstić information content (AvgIpc) is 3.39. The highest BCUT2D eigenvalue weighted by Crippen LogP contribution is 2.54. The largest absolute Gasteiger partial charge is 0.370 e. The molecule has 2 aromatic heterocycles. The van der Waals surface area contributed by atoms with E-state index in [1.165, 1.54) is 11.3 Å². The van der Waals surface area contributed by atoms with Crippen molar-refractivity contribution in [3.05, 3.63) is 33.7 Å². The molecule has 1 amide bonds. The normalized spacial score (nSPS) is 32.3. The molecule has 0 radical (unpaired) electrons. The van der Waals surface area contributed by atoms with E-state index in [9.17, 15) is 9.59 Å². The second-order valence-electron chi connectivity index (χ2n) is 8.00. The van der Waals surface area contributed by atoms with E-state index in [0.717, 1.165) is 36.6 Å². The third-order valence-electron chi connectivity index (χ3n) is 6.45. The Morgan fingerprint density at radius 2 is 2.41 bits per heavy atom. The van der Waals surface area contributed by atoms with Crippen molar-refractivity contribution in [2.75, 3.05) is 19.6 Å². The first kappa shape index (κ1) is 17.3. The second-order valence-corrected chi connectivity index (χ2v) is 8.87. The highest BCUT2D eigenvalue weighted by molar-refractivity contribution is 7.15. The summed E-state index contributed by atoms with van der Waals surface area (Å²) in [6.45, 7) is 5.08. The predicted octanol–water partition coefficient (Wildman–Crippen LogP) is 1.26. The van der Waals surface area contributed by atoms with Gasteiger partial charge in [-0.2, -0.15) is 0 Å². The maximum atomic E-state index is 12.2. The summed E-state index contributed by atoms with van der Waals surface area (Å²) in [5.41, 5.74) is 0.726. The van der Waals surface area contributed by atoms with Crippen LogP contribution in [0.15, 0.2) is 22.4 Å². The van der Waals surface area contributed by atoms with Crippen LogP contribution in [0.4, 0.5) is 0 Å². The molecule has 3 fully saturated rings. The lowest BCUT2D eigenvalue weighted by Crippen LogP contribution is -2.41. The Bertz CT molecular complexity index is 940. The molecule has 144 valence electrons. The number of nitrogens with zero attached hydrogens (tertiary/aromatic N) is 3. The third-order valence-corrected chi connectivity index (χ3v) is 7.21. The van der Waals surface area contributed by atoms with Crippen LogP contribution in [0.1, 0.15) is 31.9 Å². The first-order valence-electron chi connectivity index (χ1n) is 9.70. The third kappa shape index (κ3) is 2.81. The molecule has 3 saturated heterocycles. The number of fused-ring (bicyclic) bond motifs is 2. The zero-order chi connectivity index (χ0) is 18.6. The fourth-order valence-electron chi connectivity index (χ4n) is 5.23. The van der Waals surface area contributed by atoms with Gasteiger partial charge in [-0.15, -0.1) is 11.3 Å². The van der Waals surface area contributed by atoms with Gasteiger partial charge >= 0.3 is 0 Å². The number of likely N-dealkylation sites (tertiary alicyclic amines) is 1. The minimum Gasteiger partial charge on any atom is -0.370 e. The van der Waals surface area contributed by atoms with Gasteiger partial charge in [0.2, 0.25) is 5.91 Å². The topological polar surface area (TPSA) is 75.9 Å². The van der Waals surface area contributed by atoms with E-state index in [4.69, 9.17) is 4.74 Å². The zero-order valence-corrected chi connectivity index (χ0v) is 16.2. The number of hydrogen-bond donors (Lipinski definition) is 1. The van der Waals surface area contributed by atoms with Crippen LogP contribution in [0.3, 0.4) is 0 Å². The first-order chi connectivity index (χ1) is 13.1. The molecule has 0 unspecified atom stereocenters. The molecule has 0 aromatic carbocycles. The van der Waals surface area contributed by atoms with Gasteiger partial charge in [0.15, 0.2) is 4.96 Å². The fourth-order valence-corrected chi connectivity index (χ4v) is 5.97. The Morgan fingerprint density at radius 3 is 3.26 bits per heavy atom. The van der Waals surface area contributed by atoms with Gasteiger partial charge < -0.3 is 10.1 Å². The van der Waals surface area contributed by atoms with Crippen LogP contribution in [-0.2, 0) is 16.1 Å². The summed E-state index contributed by atoms with van der Waals surface area (Å²) in [4.78, 5) is 31.7. The summed E-state index contributed by atoms with van der Waals surface area (Å²) in [5, 5.41) is 4.95. The van der Waals surface area contributed by atoms with Crippen LogP contribution in [0, 0.1) is 11.8 Å². The van der Waals surface area contributed by atoms with E-state index in [1.807, 2.05) is 12.3 Å². The van der Waals surface area contributed by atoms with Gasteiger partial charge in [0.25, 0.3) is 5.56 Å². The molecule has 27 heavy (non-hydrogen) atoms. The molecule has 3 aliphatic rings. The summed E-state index contributed by atoms with van der Waals surface area (Å²) in [5.74, 6) is 0.938. The minimum absolute atomic E-state index is 0.0221. The first-order valence-corrected chi connectivity index (χ1v) is 10.6. The molecule has 0 aliphatic carbocycles. The van der Waals surface area contributed by atoms with Crippen LogP contribution < -0.4 is 10.9 Å². The van der Waals surface area contributed by atoms with Crippen LogP contribution in [-0.4, -0.2) is 51.5 Å². The Balaban J connectivity index is 1.32. The number of amides is 1. The minimum atomic E-state index is -0.0750. The second kappa shape index (κ2) is 6.39. The van der Waals surface area contributed by atoms with Crippen molar-refractivity contribution in [1.29, 1.82) is 0 Å². The van der Waals surface area contributed by atoms with E-state index in [-0.39, 0.29) is 23.2 Å². The van der Waals surface area contributed by atoms with Crippen LogP contribution in [0.25, 0.3) is 4.96 Å². The van der Waals surface area contributed by atoms with Crippen LogP contribution >= 0.6 is 11.3 Å². The standard InChI is InChI=1S/C19H24N4O3S/c1-2-16(24)20-8-13-14-10-22(11-19(14)4-3-15(13)26-19)9-12-7-17(25)23-5-6-27-18(23)21-12/h5-7,13-15H,2-4,8-11H2,1H3,(H,20,24)/t13-,14+,15+,19+/m0/s1. The van der Waals surface area contributed by atoms with Gasteiger partial charge in [-0.25, -0.2) is 4.98 Å². The maximum Gasteiger partial charge on any atom is 0.258 e. The van der Waals surface area contributed by atoms with Crippen molar-refractivity contribution in [3.63, 3.8) is 0 Å². The SMILES string of the molecule is CCC(=O)NC[C@H]1[C@H]2CN(Cc3cc(=O)n4ccsc4n3)C[C@]23CC[C@H]1O3. The number of aromatic nitrogens is 2. The highest BCUT2D eigenvalue weighted by atomic mass is 32.1. The molecular weight excluding hydrogens is 364 g/mol. The van der Waals surface area contributed by atoms with Gasteiger partial charge in [-0.3, -0.25) is 18.9 Å². The Labute approximate surface area is 161 Å². The van der Waals surface area contributed by atoms with Gasteiger partial charge in [0, 0.05) is 62.1 Å². The summed E-state index contributed by atoms with van der Waals surface area (Å²) in [6, 6.07) is 1.64. The number of rotatable bonds is 5. The molecule has 8 heteroatoms. The lowest BCUT2D eigenvalue weighted by molar-refractivity contribution is -0.121. The fraction of sp³-hybridized carbons (Fsp3) is 0.632. The lowest BCUT2D eigenvalue weighted by atomic mass is 9.73. The number of carbonyl (C=O) groups is 1. The van der Waals surface area contributed by atoms with Crippen molar-refractivity contribution < 1.29 is 9.53 Å². The molecule has 3 aliphatic heterocycles. The van der Waals surface area contributed by atoms with Gasteiger partial charge in [0.05, 0.1) is 17.4 Å². The molecule has 2 aromatic rings. The van der Waals surface area contributed by atoms with E-state index in [2.05, 4.69) is 15.2 Å². The average molecular weight is 388 g/mol. The Kier molecular flexibility index (Phi) is 4.10. The zero-order valence-electron chi connectivity index (χ0n) is 15.4. The van der Waals surface area contributed by atoms with Crippen molar-refractivity contribution in [1.82, 2.24) is 19.6 Å². The maximum absolute atomic E-state index is 12.2. The molecule has 1 N–H and O–H groups in total. The molecule has 5 heterocycles. The van der Waals surface area contributed by atoms with Gasteiger partial charge in [-0.1, -0.05) is 6.92 Å². The molecule has 7 nitrogen and oxygen atoms in total. The summed E-state index contributed by atoms with van der Waals surface area (Å²) in [7, 11) is 0. The number of carbonyl (C=O) groups excluding carboxylic acids is 1. The van der Waals surface area contributed by atoms with Gasteiger partial charge in [-0.05, 0) is 12.8 Å². The van der Waals surface area contributed by atoms with Crippen LogP contribution in [0.2, 0.25) is 0 Å². The van der Waals surface area contributed by atoms with Crippen molar-refractivity contribution >= 4 is 22.2 Å². The molecule has 0 saturated carbocycles. The Hall–Kier alpha value is -1.77. The summed E-state index contributed by atoms with van der Waals surface area (Å²) >= 11 is 1.48. The number of ether oxygens (including phenoxy) is 1. The number of thiazole rings is 1. The molecule has 1 spiro atoms. The van der Waals surface area contributed by atoms with Crippen molar-refractivity contribution in [3.8, 4) is 0 Å². The lowest BCUT2D eigenvalue weighted by Gasteiger charge is -2.29. The quantitative estimate of drug-likeness (QED) is 0.835. The van der Waals surface area contributed by atoms with E-state index in [1.54, 1.807) is 16.7 Å². The van der Waals surface area contributed by atoms with E-state index in [0.29, 0.717) is 31.3 Å². The summed E-state index contributed by atoms with van der Waals surface area (Å²) in [6.07, 6.45) is 4.74. The molecular formula is C19H24N4O3S. The van der Waals surface area contributed by atoms with Crippen LogP contribution in [0.5, 0.6) is 0 Å². The predicted molar refractivity (Wildman–Crippen MR) is 102 cm³/mol.